The highest BCUT2D eigenvalue weighted by Crippen LogP contribution is 1.85. The highest BCUT2D eigenvalue weighted by atomic mass is 13.7. The molecule has 0 heterocycles. The van der Waals surface area contributed by atoms with Gasteiger partial charge in [0.1, 0.15) is 0 Å². The number of rotatable bonds is 2. The monoisotopic (exact) mass is 94.1 g/mol. The molecule has 0 aliphatic rings. The predicted octanol–water partition coefficient (Wildman–Crippen LogP) is 1.98. The van der Waals surface area contributed by atoms with Crippen LogP contribution in [0.25, 0.3) is 0 Å². The second kappa shape index (κ2) is 5.30. The molecular formula is C7H10. The molecule has 0 aromatic carbocycles. The van der Waals surface area contributed by atoms with Gasteiger partial charge in [-0.3, -0.25) is 0 Å². The standard InChI is InChI=1S/C7H10/c1-3-5-7-6-4-2/h1,5,7H,4,6H2,2H3. The highest BCUT2D eigenvalue weighted by molar-refractivity contribution is 5.08. The van der Waals surface area contributed by atoms with E-state index in [-0.39, 0.29) is 0 Å². The molecule has 0 nitrogen and oxygen atoms in total. The van der Waals surface area contributed by atoms with Crippen molar-refractivity contribution in [2.24, 2.45) is 0 Å². The van der Waals surface area contributed by atoms with Crippen molar-refractivity contribution in [3.63, 3.8) is 0 Å². The zero-order chi connectivity index (χ0) is 5.54. The summed E-state index contributed by atoms with van der Waals surface area (Å²) in [4.78, 5) is 0. The molecule has 0 atom stereocenters. The van der Waals surface area contributed by atoms with E-state index in [9.17, 15) is 0 Å². The second-order valence-electron chi connectivity index (χ2n) is 1.36. The van der Waals surface area contributed by atoms with Crippen LogP contribution in [0, 0.1) is 12.3 Å². The first-order chi connectivity index (χ1) is 3.41. The number of terminal acetylenes is 1. The van der Waals surface area contributed by atoms with Crippen LogP contribution in [0.15, 0.2) is 12.2 Å². The number of hydrogen-bond donors (Lipinski definition) is 0. The van der Waals surface area contributed by atoms with Gasteiger partial charge in [0.15, 0.2) is 0 Å². The quantitative estimate of drug-likeness (QED) is 0.459. The molecular weight excluding hydrogens is 84.1 g/mol. The van der Waals surface area contributed by atoms with E-state index in [2.05, 4.69) is 12.8 Å². The summed E-state index contributed by atoms with van der Waals surface area (Å²) in [6.07, 6.45) is 11.0. The molecule has 7 heavy (non-hydrogen) atoms. The average molecular weight is 94.2 g/mol. The molecule has 0 bridgehead atoms. The molecule has 0 N–H and O–H groups in total. The molecule has 0 aliphatic heterocycles. The van der Waals surface area contributed by atoms with Gasteiger partial charge in [-0.25, -0.2) is 0 Å². The molecule has 0 heteroatoms. The summed E-state index contributed by atoms with van der Waals surface area (Å²) in [5, 5.41) is 0. The molecule has 0 fully saturated rings. The van der Waals surface area contributed by atoms with Gasteiger partial charge in [-0.15, -0.1) is 6.42 Å². The van der Waals surface area contributed by atoms with Gasteiger partial charge in [-0.2, -0.15) is 0 Å². The Bertz CT molecular complexity index is 82.7. The fraction of sp³-hybridized carbons (Fsp3) is 0.429. The van der Waals surface area contributed by atoms with E-state index in [1.165, 1.54) is 6.42 Å². The maximum absolute atomic E-state index is 4.93. The molecule has 0 aromatic heterocycles. The number of unbranched alkanes of at least 4 members (excludes halogenated alkanes) is 1. The minimum Gasteiger partial charge on any atom is -0.115 e. The van der Waals surface area contributed by atoms with E-state index in [0.29, 0.717) is 0 Å². The van der Waals surface area contributed by atoms with Crippen LogP contribution in [0.5, 0.6) is 0 Å². The van der Waals surface area contributed by atoms with Crippen LogP contribution < -0.4 is 0 Å². The topological polar surface area (TPSA) is 0 Å². The van der Waals surface area contributed by atoms with Gasteiger partial charge in [0.25, 0.3) is 0 Å². The van der Waals surface area contributed by atoms with E-state index in [1.54, 1.807) is 6.08 Å². The smallest absolute Gasteiger partial charge is 0.0162 e. The summed E-state index contributed by atoms with van der Waals surface area (Å²) in [5.41, 5.74) is 0. The molecule has 0 rings (SSSR count). The van der Waals surface area contributed by atoms with Crippen LogP contribution in [0.2, 0.25) is 0 Å². The number of allylic oxidation sites excluding steroid dienone is 2. The maximum atomic E-state index is 4.93. The Balaban J connectivity index is 2.97. The lowest BCUT2D eigenvalue weighted by atomic mass is 10.3. The Kier molecular flexibility index (Phi) is 4.77. The van der Waals surface area contributed by atoms with E-state index in [0.717, 1.165) is 6.42 Å². The van der Waals surface area contributed by atoms with Crippen molar-refractivity contribution in [1.29, 1.82) is 0 Å². The first-order valence-corrected chi connectivity index (χ1v) is 2.53. The van der Waals surface area contributed by atoms with Gasteiger partial charge in [0, 0.05) is 0 Å². The lowest BCUT2D eigenvalue weighted by Gasteiger charge is -1.76. The van der Waals surface area contributed by atoms with Gasteiger partial charge in [-0.05, 0) is 12.5 Å². The number of hydrogen-bond acceptors (Lipinski definition) is 0. The molecule has 0 spiro atoms. The average Bonchev–Trinajstić information content (AvgIpc) is 1.69. The SMILES string of the molecule is C#CC=CCCC. The van der Waals surface area contributed by atoms with E-state index in [1.807, 2.05) is 6.08 Å². The molecule has 0 saturated carbocycles. The van der Waals surface area contributed by atoms with Crippen molar-refractivity contribution < 1.29 is 0 Å². The summed E-state index contributed by atoms with van der Waals surface area (Å²) in [6, 6.07) is 0. The molecule has 0 unspecified atom stereocenters. The third kappa shape index (κ3) is 5.30. The first kappa shape index (κ1) is 6.30. The summed E-state index contributed by atoms with van der Waals surface area (Å²) >= 11 is 0. The van der Waals surface area contributed by atoms with Crippen molar-refractivity contribution in [2.75, 3.05) is 0 Å². The highest BCUT2D eigenvalue weighted by Gasteiger charge is 1.66. The Morgan fingerprint density at radius 2 is 2.43 bits per heavy atom. The fourth-order valence-electron chi connectivity index (χ4n) is 0.318. The summed E-state index contributed by atoms with van der Waals surface area (Å²) in [7, 11) is 0. The molecule has 0 aromatic rings. The zero-order valence-corrected chi connectivity index (χ0v) is 4.65. The molecule has 0 aliphatic carbocycles. The van der Waals surface area contributed by atoms with Gasteiger partial charge in [0.2, 0.25) is 0 Å². The van der Waals surface area contributed by atoms with E-state index < -0.39 is 0 Å². The molecule has 38 valence electrons. The summed E-state index contributed by atoms with van der Waals surface area (Å²) in [5.74, 6) is 2.42. The van der Waals surface area contributed by atoms with Crippen LogP contribution in [0.4, 0.5) is 0 Å². The lowest BCUT2D eigenvalue weighted by Crippen LogP contribution is -1.57. The Morgan fingerprint density at radius 3 is 2.86 bits per heavy atom. The van der Waals surface area contributed by atoms with Gasteiger partial charge in [0.05, 0.1) is 0 Å². The van der Waals surface area contributed by atoms with Gasteiger partial charge < -0.3 is 0 Å². The second-order valence-corrected chi connectivity index (χ2v) is 1.36. The summed E-state index contributed by atoms with van der Waals surface area (Å²) in [6.45, 7) is 2.13. The summed E-state index contributed by atoms with van der Waals surface area (Å²) < 4.78 is 0. The third-order valence-electron chi connectivity index (χ3n) is 0.669. The largest absolute Gasteiger partial charge is 0.115 e. The van der Waals surface area contributed by atoms with Crippen LogP contribution in [0.3, 0.4) is 0 Å². The minimum atomic E-state index is 1.10. The third-order valence-corrected chi connectivity index (χ3v) is 0.669. The lowest BCUT2D eigenvalue weighted by molar-refractivity contribution is 0.959. The Morgan fingerprint density at radius 1 is 1.71 bits per heavy atom. The van der Waals surface area contributed by atoms with Crippen molar-refractivity contribution in [3.05, 3.63) is 12.2 Å². The van der Waals surface area contributed by atoms with Crippen LogP contribution in [-0.4, -0.2) is 0 Å². The van der Waals surface area contributed by atoms with Crippen molar-refractivity contribution >= 4 is 0 Å². The van der Waals surface area contributed by atoms with Crippen LogP contribution in [0.1, 0.15) is 19.8 Å². The van der Waals surface area contributed by atoms with Crippen molar-refractivity contribution in [1.82, 2.24) is 0 Å². The van der Waals surface area contributed by atoms with E-state index >= 15 is 0 Å². The van der Waals surface area contributed by atoms with Gasteiger partial charge in [-0.1, -0.05) is 25.3 Å². The predicted molar refractivity (Wildman–Crippen MR) is 32.9 cm³/mol. The van der Waals surface area contributed by atoms with Crippen LogP contribution in [-0.2, 0) is 0 Å². The maximum Gasteiger partial charge on any atom is -0.0162 e. The fourth-order valence-corrected chi connectivity index (χ4v) is 0.318. The zero-order valence-electron chi connectivity index (χ0n) is 4.65. The van der Waals surface area contributed by atoms with Gasteiger partial charge >= 0.3 is 0 Å². The van der Waals surface area contributed by atoms with Crippen molar-refractivity contribution in [3.8, 4) is 12.3 Å². The van der Waals surface area contributed by atoms with E-state index in [4.69, 9.17) is 6.42 Å². The normalized spacial score (nSPS) is 9.14. The Hall–Kier alpha value is -0.700. The molecule has 0 amide bonds. The molecule has 0 radical (unpaired) electrons. The first-order valence-electron chi connectivity index (χ1n) is 2.53. The van der Waals surface area contributed by atoms with Crippen molar-refractivity contribution in [2.45, 2.75) is 19.8 Å². The van der Waals surface area contributed by atoms with Crippen LogP contribution >= 0.6 is 0 Å². The molecule has 0 saturated heterocycles. The Labute approximate surface area is 45.2 Å². The minimum absolute atomic E-state index is 1.10.